The SMILES string of the molecule is CC(C)c1c(F)ccnc1F. The number of rotatable bonds is 1. The van der Waals surface area contributed by atoms with E-state index in [4.69, 9.17) is 0 Å². The third-order valence-corrected chi connectivity index (χ3v) is 1.47. The molecule has 0 aliphatic heterocycles. The molecule has 0 aromatic carbocycles. The minimum atomic E-state index is -0.708. The molecule has 3 heteroatoms. The van der Waals surface area contributed by atoms with Crippen molar-refractivity contribution < 1.29 is 8.78 Å². The quantitative estimate of drug-likeness (QED) is 0.570. The molecule has 0 bridgehead atoms. The molecule has 0 saturated heterocycles. The van der Waals surface area contributed by atoms with Crippen LogP contribution in [-0.4, -0.2) is 4.98 Å². The fourth-order valence-corrected chi connectivity index (χ4v) is 0.940. The van der Waals surface area contributed by atoms with Crippen LogP contribution in [0.15, 0.2) is 12.3 Å². The van der Waals surface area contributed by atoms with E-state index in [0.717, 1.165) is 6.20 Å². The van der Waals surface area contributed by atoms with Crippen LogP contribution in [0.25, 0.3) is 0 Å². The summed E-state index contributed by atoms with van der Waals surface area (Å²) in [6.07, 6.45) is 1.12. The van der Waals surface area contributed by atoms with Crippen molar-refractivity contribution >= 4 is 0 Å². The molecule has 1 nitrogen and oxygen atoms in total. The van der Waals surface area contributed by atoms with E-state index in [-0.39, 0.29) is 11.5 Å². The van der Waals surface area contributed by atoms with Crippen LogP contribution in [0.1, 0.15) is 25.3 Å². The van der Waals surface area contributed by atoms with E-state index in [1.165, 1.54) is 6.07 Å². The first kappa shape index (κ1) is 8.11. The predicted molar refractivity (Wildman–Crippen MR) is 38.2 cm³/mol. The summed E-state index contributed by atoms with van der Waals surface area (Å²) >= 11 is 0. The highest BCUT2D eigenvalue weighted by molar-refractivity contribution is 5.17. The van der Waals surface area contributed by atoms with Crippen LogP contribution in [0.4, 0.5) is 8.78 Å². The van der Waals surface area contributed by atoms with Gasteiger partial charge < -0.3 is 0 Å². The van der Waals surface area contributed by atoms with Gasteiger partial charge in [0.1, 0.15) is 5.82 Å². The van der Waals surface area contributed by atoms with Gasteiger partial charge in [0.15, 0.2) is 0 Å². The molecule has 1 heterocycles. The van der Waals surface area contributed by atoms with Crippen LogP contribution in [-0.2, 0) is 0 Å². The normalized spacial score (nSPS) is 10.6. The van der Waals surface area contributed by atoms with E-state index in [2.05, 4.69) is 4.98 Å². The Kier molecular flexibility index (Phi) is 2.17. The molecule has 0 atom stereocenters. The average Bonchev–Trinajstić information content (AvgIpc) is 1.85. The van der Waals surface area contributed by atoms with Gasteiger partial charge in [-0.1, -0.05) is 13.8 Å². The van der Waals surface area contributed by atoms with Crippen LogP contribution in [0, 0.1) is 11.8 Å². The van der Waals surface area contributed by atoms with Gasteiger partial charge in [0.2, 0.25) is 5.95 Å². The van der Waals surface area contributed by atoms with Crippen LogP contribution in [0.2, 0.25) is 0 Å². The molecule has 1 aromatic rings. The minimum absolute atomic E-state index is 0.0625. The highest BCUT2D eigenvalue weighted by atomic mass is 19.1. The van der Waals surface area contributed by atoms with Crippen molar-refractivity contribution in [1.82, 2.24) is 4.98 Å². The topological polar surface area (TPSA) is 12.9 Å². The third kappa shape index (κ3) is 1.53. The Balaban J connectivity index is 3.21. The maximum absolute atomic E-state index is 12.8. The second-order valence-electron chi connectivity index (χ2n) is 2.65. The van der Waals surface area contributed by atoms with Crippen LogP contribution >= 0.6 is 0 Å². The number of halogens is 2. The molecule has 0 radical (unpaired) electrons. The minimum Gasteiger partial charge on any atom is -0.228 e. The highest BCUT2D eigenvalue weighted by Gasteiger charge is 2.12. The van der Waals surface area contributed by atoms with Crippen molar-refractivity contribution in [2.75, 3.05) is 0 Å². The van der Waals surface area contributed by atoms with E-state index in [1.54, 1.807) is 13.8 Å². The standard InChI is InChI=1S/C8H9F2N/c1-5(2)7-6(9)3-4-11-8(7)10/h3-5H,1-2H3. The third-order valence-electron chi connectivity index (χ3n) is 1.47. The van der Waals surface area contributed by atoms with E-state index in [1.807, 2.05) is 0 Å². The molecule has 0 fully saturated rings. The second-order valence-corrected chi connectivity index (χ2v) is 2.65. The Morgan fingerprint density at radius 1 is 1.36 bits per heavy atom. The Labute approximate surface area is 64.1 Å². The number of hydrogen-bond donors (Lipinski definition) is 0. The zero-order valence-electron chi connectivity index (χ0n) is 6.44. The second kappa shape index (κ2) is 2.95. The Bertz CT molecular complexity index is 238. The van der Waals surface area contributed by atoms with Crippen molar-refractivity contribution in [2.45, 2.75) is 19.8 Å². The molecular weight excluding hydrogens is 148 g/mol. The number of nitrogens with zero attached hydrogens (tertiary/aromatic N) is 1. The van der Waals surface area contributed by atoms with Crippen molar-refractivity contribution in [3.05, 3.63) is 29.6 Å². The molecule has 0 N–H and O–H groups in total. The van der Waals surface area contributed by atoms with E-state index in [0.29, 0.717) is 0 Å². The van der Waals surface area contributed by atoms with Gasteiger partial charge in [-0.2, -0.15) is 4.39 Å². The van der Waals surface area contributed by atoms with Gasteiger partial charge >= 0.3 is 0 Å². The highest BCUT2D eigenvalue weighted by Crippen LogP contribution is 2.19. The Morgan fingerprint density at radius 3 is 2.36 bits per heavy atom. The summed E-state index contributed by atoms with van der Waals surface area (Å²) in [6, 6.07) is 1.17. The Morgan fingerprint density at radius 2 is 2.00 bits per heavy atom. The number of hydrogen-bond acceptors (Lipinski definition) is 1. The zero-order chi connectivity index (χ0) is 8.43. The van der Waals surface area contributed by atoms with E-state index < -0.39 is 11.8 Å². The summed E-state index contributed by atoms with van der Waals surface area (Å²) < 4.78 is 25.6. The fourth-order valence-electron chi connectivity index (χ4n) is 0.940. The van der Waals surface area contributed by atoms with Crippen LogP contribution in [0.5, 0.6) is 0 Å². The lowest BCUT2D eigenvalue weighted by Gasteiger charge is -2.05. The summed E-state index contributed by atoms with van der Waals surface area (Å²) in [7, 11) is 0. The van der Waals surface area contributed by atoms with Crippen LogP contribution in [0.3, 0.4) is 0 Å². The summed E-state index contributed by atoms with van der Waals surface area (Å²) in [5, 5.41) is 0. The molecule has 60 valence electrons. The van der Waals surface area contributed by atoms with Gasteiger partial charge in [-0.15, -0.1) is 0 Å². The smallest absolute Gasteiger partial charge is 0.219 e. The maximum Gasteiger partial charge on any atom is 0.219 e. The average molecular weight is 157 g/mol. The molecule has 1 aromatic heterocycles. The van der Waals surface area contributed by atoms with Crippen molar-refractivity contribution in [1.29, 1.82) is 0 Å². The molecular formula is C8H9F2N. The summed E-state index contributed by atoms with van der Waals surface area (Å²) in [4.78, 5) is 3.35. The molecule has 0 amide bonds. The fraction of sp³-hybridized carbons (Fsp3) is 0.375. The maximum atomic E-state index is 12.8. The van der Waals surface area contributed by atoms with E-state index in [9.17, 15) is 8.78 Å². The van der Waals surface area contributed by atoms with Crippen LogP contribution < -0.4 is 0 Å². The first-order chi connectivity index (χ1) is 5.13. The predicted octanol–water partition coefficient (Wildman–Crippen LogP) is 2.48. The summed E-state index contributed by atoms with van der Waals surface area (Å²) in [5.41, 5.74) is 0.0625. The molecule has 1 rings (SSSR count). The largest absolute Gasteiger partial charge is 0.228 e. The number of pyridine rings is 1. The van der Waals surface area contributed by atoms with Gasteiger partial charge in [-0.25, -0.2) is 9.37 Å². The first-order valence-corrected chi connectivity index (χ1v) is 3.43. The molecule has 0 spiro atoms. The monoisotopic (exact) mass is 157 g/mol. The van der Waals surface area contributed by atoms with Gasteiger partial charge in [0.25, 0.3) is 0 Å². The van der Waals surface area contributed by atoms with Gasteiger partial charge in [0.05, 0.1) is 0 Å². The van der Waals surface area contributed by atoms with Crippen molar-refractivity contribution in [3.63, 3.8) is 0 Å². The lowest BCUT2D eigenvalue weighted by Crippen LogP contribution is -1.99. The number of aromatic nitrogens is 1. The Hall–Kier alpha value is -0.990. The van der Waals surface area contributed by atoms with Crippen molar-refractivity contribution in [3.8, 4) is 0 Å². The van der Waals surface area contributed by atoms with Gasteiger partial charge in [0, 0.05) is 11.8 Å². The molecule has 0 aliphatic rings. The van der Waals surface area contributed by atoms with Crippen molar-refractivity contribution in [2.24, 2.45) is 0 Å². The summed E-state index contributed by atoms with van der Waals surface area (Å²) in [5.74, 6) is -1.39. The first-order valence-electron chi connectivity index (χ1n) is 3.43. The molecule has 0 aliphatic carbocycles. The zero-order valence-corrected chi connectivity index (χ0v) is 6.44. The van der Waals surface area contributed by atoms with E-state index >= 15 is 0 Å². The lowest BCUT2D eigenvalue weighted by atomic mass is 10.1. The molecule has 0 saturated carbocycles. The van der Waals surface area contributed by atoms with Gasteiger partial charge in [-0.05, 0) is 12.0 Å². The van der Waals surface area contributed by atoms with Gasteiger partial charge in [-0.3, -0.25) is 0 Å². The molecule has 0 unspecified atom stereocenters. The lowest BCUT2D eigenvalue weighted by molar-refractivity contribution is 0.514. The summed E-state index contributed by atoms with van der Waals surface area (Å²) in [6.45, 7) is 3.45. The molecule has 11 heavy (non-hydrogen) atoms.